The van der Waals surface area contributed by atoms with Crippen molar-refractivity contribution in [1.29, 1.82) is 0 Å². The van der Waals surface area contributed by atoms with E-state index in [9.17, 15) is 4.79 Å². The summed E-state index contributed by atoms with van der Waals surface area (Å²) in [5.74, 6) is 0.290. The van der Waals surface area contributed by atoms with Gasteiger partial charge in [0.1, 0.15) is 5.69 Å². The fourth-order valence-corrected chi connectivity index (χ4v) is 2.22. The molecule has 0 spiro atoms. The third-order valence-electron chi connectivity index (χ3n) is 3.81. The summed E-state index contributed by atoms with van der Waals surface area (Å²) in [6.45, 7) is 6.54. The number of anilines is 2. The van der Waals surface area contributed by atoms with Crippen LogP contribution in [0.5, 0.6) is 0 Å². The molecule has 2 aromatic rings. The van der Waals surface area contributed by atoms with E-state index in [1.807, 2.05) is 12.1 Å². The van der Waals surface area contributed by atoms with Gasteiger partial charge in [-0.25, -0.2) is 9.97 Å². The van der Waals surface area contributed by atoms with E-state index in [0.29, 0.717) is 17.7 Å². The van der Waals surface area contributed by atoms with Crippen LogP contribution < -0.4 is 10.6 Å². The van der Waals surface area contributed by atoms with Crippen LogP contribution in [-0.2, 0) is 5.41 Å². The highest BCUT2D eigenvalue weighted by molar-refractivity contribution is 5.92. The van der Waals surface area contributed by atoms with Gasteiger partial charge in [0.05, 0.1) is 0 Å². The highest BCUT2D eigenvalue weighted by Gasteiger charge is 2.24. The normalized spacial score (nSPS) is 14.4. The molecule has 0 saturated heterocycles. The van der Waals surface area contributed by atoms with E-state index < -0.39 is 0 Å². The molecule has 1 aromatic carbocycles. The van der Waals surface area contributed by atoms with Crippen molar-refractivity contribution in [3.05, 3.63) is 47.8 Å². The maximum atomic E-state index is 12.0. The summed E-state index contributed by atoms with van der Waals surface area (Å²) < 4.78 is 0. The molecule has 0 aliphatic heterocycles. The highest BCUT2D eigenvalue weighted by atomic mass is 16.2. The summed E-state index contributed by atoms with van der Waals surface area (Å²) in [6, 6.07) is 10.1. The second-order valence-corrected chi connectivity index (χ2v) is 6.97. The van der Waals surface area contributed by atoms with Crippen molar-refractivity contribution in [2.24, 2.45) is 0 Å². The maximum Gasteiger partial charge on any atom is 0.270 e. The predicted molar refractivity (Wildman–Crippen MR) is 90.9 cm³/mol. The minimum atomic E-state index is -0.138. The van der Waals surface area contributed by atoms with E-state index in [4.69, 9.17) is 0 Å². The Balaban J connectivity index is 1.71. The van der Waals surface area contributed by atoms with Crippen molar-refractivity contribution in [3.8, 4) is 0 Å². The van der Waals surface area contributed by atoms with Crippen molar-refractivity contribution in [2.75, 3.05) is 5.32 Å². The number of hydrogen-bond donors (Lipinski definition) is 2. The largest absolute Gasteiger partial charge is 0.348 e. The summed E-state index contributed by atoms with van der Waals surface area (Å²) in [6.07, 6.45) is 3.71. The lowest BCUT2D eigenvalue weighted by Crippen LogP contribution is -2.26. The minimum absolute atomic E-state index is 0.121. The lowest BCUT2D eigenvalue weighted by atomic mass is 9.87. The average molecular weight is 310 g/mol. The van der Waals surface area contributed by atoms with Crippen molar-refractivity contribution in [2.45, 2.75) is 45.1 Å². The SMILES string of the molecule is CC(C)(C)c1ccc(Nc2nccc(C(=O)NC3CC3)n2)cc1. The molecular formula is C18H22N4O. The second kappa shape index (κ2) is 5.99. The van der Waals surface area contributed by atoms with Crippen molar-refractivity contribution in [3.63, 3.8) is 0 Å². The Hall–Kier alpha value is -2.43. The van der Waals surface area contributed by atoms with Crippen LogP contribution in [0.2, 0.25) is 0 Å². The lowest BCUT2D eigenvalue weighted by molar-refractivity contribution is 0.0946. The molecule has 1 aliphatic rings. The van der Waals surface area contributed by atoms with Crippen LogP contribution in [0.25, 0.3) is 0 Å². The number of rotatable bonds is 4. The molecule has 3 rings (SSSR count). The number of carbonyl (C=O) groups is 1. The van der Waals surface area contributed by atoms with Gasteiger partial charge in [0, 0.05) is 17.9 Å². The van der Waals surface area contributed by atoms with Gasteiger partial charge in [-0.05, 0) is 42.0 Å². The van der Waals surface area contributed by atoms with Gasteiger partial charge in [-0.1, -0.05) is 32.9 Å². The number of hydrogen-bond acceptors (Lipinski definition) is 4. The van der Waals surface area contributed by atoms with E-state index in [2.05, 4.69) is 53.5 Å². The van der Waals surface area contributed by atoms with Crippen LogP contribution in [0, 0.1) is 0 Å². The van der Waals surface area contributed by atoms with Gasteiger partial charge >= 0.3 is 0 Å². The van der Waals surface area contributed by atoms with Gasteiger partial charge < -0.3 is 10.6 Å². The molecule has 5 nitrogen and oxygen atoms in total. The molecule has 23 heavy (non-hydrogen) atoms. The molecule has 0 bridgehead atoms. The Kier molecular flexibility index (Phi) is 4.03. The molecule has 2 N–H and O–H groups in total. The molecule has 1 amide bonds. The minimum Gasteiger partial charge on any atom is -0.348 e. The zero-order valence-corrected chi connectivity index (χ0v) is 13.8. The van der Waals surface area contributed by atoms with Gasteiger partial charge in [0.2, 0.25) is 5.95 Å². The van der Waals surface area contributed by atoms with Gasteiger partial charge in [-0.2, -0.15) is 0 Å². The fraction of sp³-hybridized carbons (Fsp3) is 0.389. The van der Waals surface area contributed by atoms with Crippen LogP contribution in [-0.4, -0.2) is 21.9 Å². The molecule has 1 saturated carbocycles. The molecule has 120 valence electrons. The summed E-state index contributed by atoms with van der Waals surface area (Å²) in [4.78, 5) is 20.5. The smallest absolute Gasteiger partial charge is 0.270 e. The van der Waals surface area contributed by atoms with Crippen LogP contribution in [0.3, 0.4) is 0 Å². The van der Waals surface area contributed by atoms with Crippen LogP contribution in [0.4, 0.5) is 11.6 Å². The molecule has 5 heteroatoms. The first-order valence-corrected chi connectivity index (χ1v) is 7.93. The van der Waals surface area contributed by atoms with E-state index in [0.717, 1.165) is 18.5 Å². The van der Waals surface area contributed by atoms with E-state index in [1.165, 1.54) is 5.56 Å². The number of aromatic nitrogens is 2. The topological polar surface area (TPSA) is 66.9 Å². The van der Waals surface area contributed by atoms with Gasteiger partial charge in [0.25, 0.3) is 5.91 Å². The summed E-state index contributed by atoms with van der Waals surface area (Å²) in [5.41, 5.74) is 2.68. The first-order chi connectivity index (χ1) is 10.9. The maximum absolute atomic E-state index is 12.0. The second-order valence-electron chi connectivity index (χ2n) is 6.97. The third-order valence-corrected chi connectivity index (χ3v) is 3.81. The number of amides is 1. The standard InChI is InChI=1S/C18H22N4O/c1-18(2,3)12-4-6-14(7-5-12)21-17-19-11-10-15(22-17)16(23)20-13-8-9-13/h4-7,10-11,13H,8-9H2,1-3H3,(H,20,23)(H,19,21,22). The number of nitrogens with one attached hydrogen (secondary N) is 2. The average Bonchev–Trinajstić information content (AvgIpc) is 3.31. The molecule has 1 heterocycles. The Morgan fingerprint density at radius 2 is 1.83 bits per heavy atom. The molecule has 0 radical (unpaired) electrons. The molecule has 0 unspecified atom stereocenters. The Bertz CT molecular complexity index is 700. The number of carbonyl (C=O) groups excluding carboxylic acids is 1. The van der Waals surface area contributed by atoms with Gasteiger partial charge in [-0.3, -0.25) is 4.79 Å². The fourth-order valence-electron chi connectivity index (χ4n) is 2.22. The van der Waals surface area contributed by atoms with Crippen molar-refractivity contribution in [1.82, 2.24) is 15.3 Å². The van der Waals surface area contributed by atoms with Crippen molar-refractivity contribution >= 4 is 17.5 Å². The first-order valence-electron chi connectivity index (χ1n) is 7.93. The summed E-state index contributed by atoms with van der Waals surface area (Å²) in [7, 11) is 0. The zero-order chi connectivity index (χ0) is 16.4. The molecular weight excluding hydrogens is 288 g/mol. The van der Waals surface area contributed by atoms with Crippen LogP contribution in [0.15, 0.2) is 36.5 Å². The Morgan fingerprint density at radius 1 is 1.13 bits per heavy atom. The Labute approximate surface area is 136 Å². The van der Waals surface area contributed by atoms with E-state index in [1.54, 1.807) is 12.3 Å². The number of nitrogens with zero attached hydrogens (tertiary/aromatic N) is 2. The molecule has 0 atom stereocenters. The zero-order valence-electron chi connectivity index (χ0n) is 13.8. The summed E-state index contributed by atoms with van der Waals surface area (Å²) in [5, 5.41) is 6.07. The van der Waals surface area contributed by atoms with Crippen LogP contribution >= 0.6 is 0 Å². The number of benzene rings is 1. The van der Waals surface area contributed by atoms with Crippen molar-refractivity contribution < 1.29 is 4.79 Å². The van der Waals surface area contributed by atoms with E-state index >= 15 is 0 Å². The molecule has 1 fully saturated rings. The highest BCUT2D eigenvalue weighted by Crippen LogP contribution is 2.24. The molecule has 1 aromatic heterocycles. The van der Waals surface area contributed by atoms with Crippen LogP contribution in [0.1, 0.15) is 49.7 Å². The predicted octanol–water partition coefficient (Wildman–Crippen LogP) is 3.41. The Morgan fingerprint density at radius 3 is 2.43 bits per heavy atom. The van der Waals surface area contributed by atoms with E-state index in [-0.39, 0.29) is 11.3 Å². The lowest BCUT2D eigenvalue weighted by Gasteiger charge is -2.19. The monoisotopic (exact) mass is 310 g/mol. The first kappa shape index (κ1) is 15.5. The van der Waals surface area contributed by atoms with Gasteiger partial charge in [0.15, 0.2) is 0 Å². The quantitative estimate of drug-likeness (QED) is 0.908. The van der Waals surface area contributed by atoms with Gasteiger partial charge in [-0.15, -0.1) is 0 Å². The molecule has 1 aliphatic carbocycles. The third kappa shape index (κ3) is 4.06. The summed E-state index contributed by atoms with van der Waals surface area (Å²) >= 11 is 0.